The summed E-state index contributed by atoms with van der Waals surface area (Å²) in [5.74, 6) is 0.206. The normalized spacial score (nSPS) is 22.0. The molecule has 2 unspecified atom stereocenters. The lowest BCUT2D eigenvalue weighted by atomic mass is 10.1. The van der Waals surface area contributed by atoms with E-state index in [1.54, 1.807) is 0 Å². The molecule has 4 nitrogen and oxygen atoms in total. The molecule has 16 heavy (non-hydrogen) atoms. The minimum Gasteiger partial charge on any atom is -0.464 e. The fourth-order valence-corrected chi connectivity index (χ4v) is 1.73. The van der Waals surface area contributed by atoms with Crippen LogP contribution >= 0.6 is 0 Å². The van der Waals surface area contributed by atoms with Crippen molar-refractivity contribution >= 4 is 5.97 Å². The summed E-state index contributed by atoms with van der Waals surface area (Å²) in [5, 5.41) is 0. The molecule has 1 heterocycles. The van der Waals surface area contributed by atoms with Crippen molar-refractivity contribution in [2.45, 2.75) is 39.2 Å². The first kappa shape index (κ1) is 13.5. The van der Waals surface area contributed by atoms with Crippen molar-refractivity contribution in [1.82, 2.24) is 0 Å². The van der Waals surface area contributed by atoms with Gasteiger partial charge in [0.1, 0.15) is 0 Å². The van der Waals surface area contributed by atoms with Gasteiger partial charge < -0.3 is 14.2 Å². The second kappa shape index (κ2) is 7.63. The van der Waals surface area contributed by atoms with Gasteiger partial charge in [0.05, 0.1) is 19.8 Å². The van der Waals surface area contributed by atoms with Gasteiger partial charge in [0, 0.05) is 12.5 Å². The quantitative estimate of drug-likeness (QED) is 0.625. The summed E-state index contributed by atoms with van der Waals surface area (Å²) in [5.41, 5.74) is 0. The number of carbonyl (C=O) groups excluding carboxylic acids is 1. The summed E-state index contributed by atoms with van der Waals surface area (Å²) in [6.45, 7) is 6.42. The smallest absolute Gasteiger partial charge is 0.335 e. The molecular weight excluding hydrogens is 208 g/mol. The maximum Gasteiger partial charge on any atom is 0.335 e. The molecule has 0 aromatic heterocycles. The Morgan fingerprint density at radius 3 is 2.88 bits per heavy atom. The van der Waals surface area contributed by atoms with Crippen LogP contribution in [0.2, 0.25) is 0 Å². The molecule has 0 aromatic carbocycles. The summed E-state index contributed by atoms with van der Waals surface area (Å²) < 4.78 is 15.9. The van der Waals surface area contributed by atoms with Gasteiger partial charge in [0.25, 0.3) is 0 Å². The van der Waals surface area contributed by atoms with Gasteiger partial charge in [0.15, 0.2) is 6.10 Å². The third-order valence-corrected chi connectivity index (χ3v) is 2.66. The van der Waals surface area contributed by atoms with E-state index in [-0.39, 0.29) is 5.97 Å². The van der Waals surface area contributed by atoms with E-state index in [2.05, 4.69) is 0 Å². The van der Waals surface area contributed by atoms with Gasteiger partial charge in [-0.15, -0.1) is 0 Å². The highest BCUT2D eigenvalue weighted by Crippen LogP contribution is 2.15. The number of ether oxygens (including phenoxy) is 3. The Balaban J connectivity index is 2.28. The molecule has 1 aliphatic heterocycles. The average Bonchev–Trinajstić information content (AvgIpc) is 2.77. The van der Waals surface area contributed by atoms with Crippen molar-refractivity contribution in [3.05, 3.63) is 0 Å². The third-order valence-electron chi connectivity index (χ3n) is 2.66. The highest BCUT2D eigenvalue weighted by Gasteiger charge is 2.23. The van der Waals surface area contributed by atoms with E-state index in [4.69, 9.17) is 14.2 Å². The molecule has 1 aliphatic rings. The molecule has 0 radical (unpaired) electrons. The van der Waals surface area contributed by atoms with Crippen molar-refractivity contribution in [3.8, 4) is 0 Å². The monoisotopic (exact) mass is 230 g/mol. The van der Waals surface area contributed by atoms with Crippen LogP contribution in [-0.4, -0.2) is 38.5 Å². The fourth-order valence-electron chi connectivity index (χ4n) is 1.73. The molecule has 1 fully saturated rings. The van der Waals surface area contributed by atoms with Crippen LogP contribution in [0, 0.1) is 5.92 Å². The lowest BCUT2D eigenvalue weighted by molar-refractivity contribution is -0.158. The Bertz CT molecular complexity index is 199. The Morgan fingerprint density at radius 2 is 2.31 bits per heavy atom. The van der Waals surface area contributed by atoms with Crippen LogP contribution in [0.15, 0.2) is 0 Å². The van der Waals surface area contributed by atoms with Crippen molar-refractivity contribution in [2.75, 3.05) is 26.4 Å². The van der Waals surface area contributed by atoms with Crippen LogP contribution in [0.4, 0.5) is 0 Å². The van der Waals surface area contributed by atoms with E-state index in [1.807, 2.05) is 13.8 Å². The van der Waals surface area contributed by atoms with Crippen LogP contribution < -0.4 is 0 Å². The first-order valence-corrected chi connectivity index (χ1v) is 6.13. The fraction of sp³-hybridized carbons (Fsp3) is 0.917. The van der Waals surface area contributed by atoms with Gasteiger partial charge >= 0.3 is 5.97 Å². The highest BCUT2D eigenvalue weighted by atomic mass is 16.6. The van der Waals surface area contributed by atoms with Gasteiger partial charge in [-0.3, -0.25) is 0 Å². The Hall–Kier alpha value is -0.610. The van der Waals surface area contributed by atoms with Gasteiger partial charge in [0.2, 0.25) is 0 Å². The van der Waals surface area contributed by atoms with Crippen LogP contribution in [0.5, 0.6) is 0 Å². The lowest BCUT2D eigenvalue weighted by Crippen LogP contribution is -2.28. The van der Waals surface area contributed by atoms with E-state index in [0.717, 1.165) is 32.5 Å². The zero-order valence-electron chi connectivity index (χ0n) is 10.2. The Labute approximate surface area is 97.2 Å². The first-order chi connectivity index (χ1) is 7.77. The molecule has 0 aliphatic carbocycles. The number of hydrogen-bond acceptors (Lipinski definition) is 4. The largest absolute Gasteiger partial charge is 0.464 e. The van der Waals surface area contributed by atoms with Gasteiger partial charge in [-0.25, -0.2) is 4.79 Å². The zero-order chi connectivity index (χ0) is 11.8. The predicted molar refractivity (Wildman–Crippen MR) is 60.2 cm³/mol. The van der Waals surface area contributed by atoms with Gasteiger partial charge in [-0.1, -0.05) is 13.3 Å². The molecule has 0 bridgehead atoms. The van der Waals surface area contributed by atoms with Gasteiger partial charge in [-0.05, 0) is 19.8 Å². The second-order valence-electron chi connectivity index (χ2n) is 4.09. The van der Waals surface area contributed by atoms with E-state index < -0.39 is 6.10 Å². The van der Waals surface area contributed by atoms with Crippen LogP contribution in [0.25, 0.3) is 0 Å². The van der Waals surface area contributed by atoms with E-state index >= 15 is 0 Å². The number of hydrogen-bond donors (Lipinski definition) is 0. The van der Waals surface area contributed by atoms with Crippen LogP contribution in [0.1, 0.15) is 33.1 Å². The molecule has 94 valence electrons. The van der Waals surface area contributed by atoms with Crippen molar-refractivity contribution in [1.29, 1.82) is 0 Å². The number of carbonyl (C=O) groups is 1. The standard InChI is InChI=1S/C12H22O4/c1-3-5-11(12(13)15-4-2)16-9-10-6-7-14-8-10/h10-11H,3-9H2,1-2H3. The summed E-state index contributed by atoms with van der Waals surface area (Å²) >= 11 is 0. The third kappa shape index (κ3) is 4.49. The second-order valence-corrected chi connectivity index (χ2v) is 4.09. The molecule has 2 atom stereocenters. The summed E-state index contributed by atoms with van der Waals surface area (Å²) in [6, 6.07) is 0. The first-order valence-electron chi connectivity index (χ1n) is 6.13. The molecule has 0 amide bonds. The molecule has 0 saturated carbocycles. The summed E-state index contributed by atoms with van der Waals surface area (Å²) in [4.78, 5) is 11.6. The minimum atomic E-state index is -0.398. The van der Waals surface area contributed by atoms with E-state index in [1.165, 1.54) is 0 Å². The maximum absolute atomic E-state index is 11.6. The van der Waals surface area contributed by atoms with Gasteiger partial charge in [-0.2, -0.15) is 0 Å². The van der Waals surface area contributed by atoms with Crippen molar-refractivity contribution in [2.24, 2.45) is 5.92 Å². The Morgan fingerprint density at radius 1 is 1.50 bits per heavy atom. The average molecular weight is 230 g/mol. The number of esters is 1. The predicted octanol–water partition coefficient (Wildman–Crippen LogP) is 1.77. The van der Waals surface area contributed by atoms with Crippen molar-refractivity contribution < 1.29 is 19.0 Å². The molecule has 1 saturated heterocycles. The minimum absolute atomic E-state index is 0.233. The zero-order valence-corrected chi connectivity index (χ0v) is 10.2. The number of rotatable bonds is 7. The molecule has 1 rings (SSSR count). The SMILES string of the molecule is CCCC(OCC1CCOC1)C(=O)OCC. The molecule has 0 spiro atoms. The summed E-state index contributed by atoms with van der Waals surface area (Å²) in [6.07, 6.45) is 2.28. The van der Waals surface area contributed by atoms with E-state index in [9.17, 15) is 4.79 Å². The van der Waals surface area contributed by atoms with E-state index in [0.29, 0.717) is 19.1 Å². The Kier molecular flexibility index (Phi) is 6.42. The molecule has 4 heteroatoms. The maximum atomic E-state index is 11.6. The molecular formula is C12H22O4. The summed E-state index contributed by atoms with van der Waals surface area (Å²) in [7, 11) is 0. The van der Waals surface area contributed by atoms with Crippen LogP contribution in [0.3, 0.4) is 0 Å². The molecule has 0 aromatic rings. The van der Waals surface area contributed by atoms with Crippen LogP contribution in [-0.2, 0) is 19.0 Å². The lowest BCUT2D eigenvalue weighted by Gasteiger charge is -2.17. The topological polar surface area (TPSA) is 44.8 Å². The highest BCUT2D eigenvalue weighted by molar-refractivity contribution is 5.74. The molecule has 0 N–H and O–H groups in total. The van der Waals surface area contributed by atoms with Crippen molar-refractivity contribution in [3.63, 3.8) is 0 Å².